The number of rotatable bonds is 1. The van der Waals surface area contributed by atoms with Gasteiger partial charge in [-0.15, -0.1) is 0 Å². The van der Waals surface area contributed by atoms with Crippen LogP contribution in [0.2, 0.25) is 0 Å². The van der Waals surface area contributed by atoms with Crippen molar-refractivity contribution >= 4 is 0 Å². The lowest BCUT2D eigenvalue weighted by Gasteiger charge is -2.07. The normalized spacial score (nSPS) is 11.4. The molecule has 0 spiro atoms. The summed E-state index contributed by atoms with van der Waals surface area (Å²) in [7, 11) is 1.17. The molecule has 0 amide bonds. The van der Waals surface area contributed by atoms with E-state index in [0.717, 1.165) is 6.07 Å². The summed E-state index contributed by atoms with van der Waals surface area (Å²) in [5.41, 5.74) is -1.86. The SMILES string of the molecule is COc1cc(=O)cc(C(F)(F)F)[nH]1. The Bertz CT molecular complexity index is 355. The van der Waals surface area contributed by atoms with Gasteiger partial charge in [0.2, 0.25) is 0 Å². The summed E-state index contributed by atoms with van der Waals surface area (Å²) in [4.78, 5) is 12.6. The number of pyridine rings is 1. The van der Waals surface area contributed by atoms with Crippen molar-refractivity contribution in [1.82, 2.24) is 4.98 Å². The minimum atomic E-state index is -4.56. The van der Waals surface area contributed by atoms with Crippen molar-refractivity contribution in [2.75, 3.05) is 7.11 Å². The van der Waals surface area contributed by atoms with Crippen LogP contribution in [0.5, 0.6) is 5.88 Å². The van der Waals surface area contributed by atoms with E-state index in [1.165, 1.54) is 7.11 Å². The largest absolute Gasteiger partial charge is 0.482 e. The molecule has 0 radical (unpaired) electrons. The van der Waals surface area contributed by atoms with Gasteiger partial charge in [0.1, 0.15) is 5.69 Å². The Morgan fingerprint density at radius 3 is 2.46 bits per heavy atom. The number of hydrogen-bond donors (Lipinski definition) is 1. The fourth-order valence-electron chi connectivity index (χ4n) is 0.781. The van der Waals surface area contributed by atoms with Crippen molar-refractivity contribution in [3.8, 4) is 5.88 Å². The first-order valence-electron chi connectivity index (χ1n) is 3.29. The first-order chi connectivity index (χ1) is 5.93. The molecule has 3 nitrogen and oxygen atoms in total. The Hall–Kier alpha value is -1.46. The van der Waals surface area contributed by atoms with Gasteiger partial charge in [0.25, 0.3) is 0 Å². The fraction of sp³-hybridized carbons (Fsp3) is 0.286. The molecule has 0 saturated heterocycles. The fourth-order valence-corrected chi connectivity index (χ4v) is 0.781. The van der Waals surface area contributed by atoms with Crippen LogP contribution in [-0.2, 0) is 6.18 Å². The standard InChI is InChI=1S/C7H6F3NO2/c1-13-6-3-4(12)2-5(11-6)7(8,9)10/h2-3H,1H3,(H,11,12). The number of ether oxygens (including phenoxy) is 1. The van der Waals surface area contributed by atoms with Crippen LogP contribution >= 0.6 is 0 Å². The molecule has 0 aliphatic carbocycles. The highest BCUT2D eigenvalue weighted by Gasteiger charge is 2.32. The molecule has 1 heterocycles. The number of H-pyrrole nitrogens is 1. The number of halogens is 3. The molecule has 0 atom stereocenters. The van der Waals surface area contributed by atoms with Gasteiger partial charge in [0.05, 0.1) is 7.11 Å². The average molecular weight is 193 g/mol. The molecule has 1 aromatic heterocycles. The molecule has 6 heteroatoms. The molecule has 0 aliphatic heterocycles. The van der Waals surface area contributed by atoms with Crippen molar-refractivity contribution in [3.63, 3.8) is 0 Å². The highest BCUT2D eigenvalue weighted by atomic mass is 19.4. The molecular formula is C7H6F3NO2. The van der Waals surface area contributed by atoms with E-state index in [1.54, 1.807) is 0 Å². The Morgan fingerprint density at radius 1 is 1.38 bits per heavy atom. The molecule has 0 aliphatic rings. The maximum absolute atomic E-state index is 12.1. The third-order valence-corrected chi connectivity index (χ3v) is 1.34. The maximum atomic E-state index is 12.1. The molecule has 1 rings (SSSR count). The molecule has 0 bridgehead atoms. The van der Waals surface area contributed by atoms with Gasteiger partial charge in [-0.25, -0.2) is 0 Å². The monoisotopic (exact) mass is 193 g/mol. The topological polar surface area (TPSA) is 42.1 Å². The zero-order valence-corrected chi connectivity index (χ0v) is 6.61. The van der Waals surface area contributed by atoms with Gasteiger partial charge in [-0.2, -0.15) is 13.2 Å². The minimum absolute atomic E-state index is 0.208. The summed E-state index contributed by atoms with van der Waals surface area (Å²) in [6.45, 7) is 0. The number of aromatic nitrogens is 1. The summed E-state index contributed by atoms with van der Waals surface area (Å²) in [6, 6.07) is 1.41. The number of alkyl halides is 3. The predicted octanol–water partition coefficient (Wildman–Crippen LogP) is 1.40. The van der Waals surface area contributed by atoms with Gasteiger partial charge in [0, 0.05) is 12.1 Å². The van der Waals surface area contributed by atoms with Crippen LogP contribution in [-0.4, -0.2) is 12.1 Å². The van der Waals surface area contributed by atoms with Gasteiger partial charge in [0.15, 0.2) is 11.3 Å². The lowest BCUT2D eigenvalue weighted by Crippen LogP contribution is -2.13. The lowest BCUT2D eigenvalue weighted by atomic mass is 10.3. The van der Waals surface area contributed by atoms with Crippen LogP contribution in [0.4, 0.5) is 13.2 Å². The van der Waals surface area contributed by atoms with E-state index in [9.17, 15) is 18.0 Å². The van der Waals surface area contributed by atoms with E-state index in [1.807, 2.05) is 4.98 Å². The van der Waals surface area contributed by atoms with E-state index in [0.29, 0.717) is 6.07 Å². The van der Waals surface area contributed by atoms with Crippen LogP contribution in [0.15, 0.2) is 16.9 Å². The Balaban J connectivity index is 3.24. The minimum Gasteiger partial charge on any atom is -0.482 e. The van der Waals surface area contributed by atoms with Crippen molar-refractivity contribution < 1.29 is 17.9 Å². The maximum Gasteiger partial charge on any atom is 0.431 e. The van der Waals surface area contributed by atoms with E-state index in [2.05, 4.69) is 4.74 Å². The first kappa shape index (κ1) is 9.63. The number of methoxy groups -OCH3 is 1. The molecule has 72 valence electrons. The molecule has 1 N–H and O–H groups in total. The smallest absolute Gasteiger partial charge is 0.431 e. The van der Waals surface area contributed by atoms with Crippen molar-refractivity contribution in [2.45, 2.75) is 6.18 Å². The van der Waals surface area contributed by atoms with Crippen LogP contribution in [0.3, 0.4) is 0 Å². The van der Waals surface area contributed by atoms with Crippen LogP contribution in [0.25, 0.3) is 0 Å². The highest BCUT2D eigenvalue weighted by Crippen LogP contribution is 2.27. The Morgan fingerprint density at radius 2 is 2.00 bits per heavy atom. The first-order valence-corrected chi connectivity index (χ1v) is 3.29. The second kappa shape index (κ2) is 3.12. The lowest BCUT2D eigenvalue weighted by molar-refractivity contribution is -0.141. The van der Waals surface area contributed by atoms with Crippen LogP contribution < -0.4 is 10.2 Å². The molecule has 13 heavy (non-hydrogen) atoms. The molecule has 0 saturated carbocycles. The zero-order valence-electron chi connectivity index (χ0n) is 6.61. The number of hydrogen-bond acceptors (Lipinski definition) is 2. The van der Waals surface area contributed by atoms with Gasteiger partial charge in [-0.3, -0.25) is 4.79 Å². The highest BCUT2D eigenvalue weighted by molar-refractivity contribution is 5.17. The molecule has 1 aromatic rings. The molecule has 0 fully saturated rings. The van der Waals surface area contributed by atoms with Crippen molar-refractivity contribution in [1.29, 1.82) is 0 Å². The van der Waals surface area contributed by atoms with E-state index >= 15 is 0 Å². The van der Waals surface area contributed by atoms with Gasteiger partial charge in [-0.05, 0) is 0 Å². The number of aromatic amines is 1. The Kier molecular flexibility index (Phi) is 2.31. The van der Waals surface area contributed by atoms with Gasteiger partial charge >= 0.3 is 6.18 Å². The third-order valence-electron chi connectivity index (χ3n) is 1.34. The summed E-state index contributed by atoms with van der Waals surface area (Å²) in [6.07, 6.45) is -4.56. The summed E-state index contributed by atoms with van der Waals surface area (Å²) >= 11 is 0. The quantitative estimate of drug-likeness (QED) is 0.732. The second-order valence-corrected chi connectivity index (χ2v) is 2.30. The summed E-state index contributed by atoms with van der Waals surface area (Å²) in [5, 5.41) is 0. The zero-order chi connectivity index (χ0) is 10.1. The molecule has 0 unspecified atom stereocenters. The van der Waals surface area contributed by atoms with Crippen molar-refractivity contribution in [2.24, 2.45) is 0 Å². The van der Waals surface area contributed by atoms with Gasteiger partial charge < -0.3 is 9.72 Å². The third kappa shape index (κ3) is 2.24. The van der Waals surface area contributed by atoms with E-state index in [-0.39, 0.29) is 5.88 Å². The van der Waals surface area contributed by atoms with E-state index < -0.39 is 17.3 Å². The van der Waals surface area contributed by atoms with Gasteiger partial charge in [-0.1, -0.05) is 0 Å². The molecular weight excluding hydrogens is 187 g/mol. The Labute approximate surface area is 71.2 Å². The van der Waals surface area contributed by atoms with E-state index in [4.69, 9.17) is 0 Å². The van der Waals surface area contributed by atoms with Crippen molar-refractivity contribution in [3.05, 3.63) is 28.0 Å². The second-order valence-electron chi connectivity index (χ2n) is 2.30. The predicted molar refractivity (Wildman–Crippen MR) is 38.6 cm³/mol. The van der Waals surface area contributed by atoms with Crippen LogP contribution in [0, 0.1) is 0 Å². The molecule has 0 aromatic carbocycles. The summed E-state index contributed by atoms with van der Waals surface area (Å²) < 4.78 is 40.7. The average Bonchev–Trinajstić information content (AvgIpc) is 2.01. The summed E-state index contributed by atoms with van der Waals surface area (Å²) in [5.74, 6) is -0.208. The van der Waals surface area contributed by atoms with Crippen LogP contribution in [0.1, 0.15) is 5.69 Å². The number of nitrogens with one attached hydrogen (secondary N) is 1.